The Labute approximate surface area is 140 Å². The summed E-state index contributed by atoms with van der Waals surface area (Å²) < 4.78 is 7.64. The van der Waals surface area contributed by atoms with Gasteiger partial charge in [0.2, 0.25) is 0 Å². The van der Waals surface area contributed by atoms with Crippen LogP contribution in [0, 0.1) is 0 Å². The van der Waals surface area contributed by atoms with Gasteiger partial charge in [0.15, 0.2) is 5.82 Å². The number of benzene rings is 1. The second kappa shape index (κ2) is 6.57. The summed E-state index contributed by atoms with van der Waals surface area (Å²) in [5.74, 6) is 1.44. The van der Waals surface area contributed by atoms with Gasteiger partial charge in [-0.2, -0.15) is 10.1 Å². The van der Waals surface area contributed by atoms with Crippen molar-refractivity contribution in [2.45, 2.75) is 31.2 Å². The van der Waals surface area contributed by atoms with Crippen LogP contribution in [0.25, 0.3) is 0 Å². The molecular weight excluding hydrogens is 302 g/mol. The van der Waals surface area contributed by atoms with Gasteiger partial charge in [-0.15, -0.1) is 0 Å². The van der Waals surface area contributed by atoms with Gasteiger partial charge in [-0.05, 0) is 44.0 Å². The smallest absolute Gasteiger partial charge is 0.254 e. The third kappa shape index (κ3) is 2.85. The van der Waals surface area contributed by atoms with Crippen LogP contribution in [0.3, 0.4) is 0 Å². The SMILES string of the molecule is c1ccc(CCc2noc(C3(n4cccn4)CCNCC3)n2)cc1. The zero-order chi connectivity index (χ0) is 16.2. The lowest BCUT2D eigenvalue weighted by molar-refractivity contribution is 0.172. The van der Waals surface area contributed by atoms with E-state index in [1.807, 2.05) is 23.0 Å². The average molecular weight is 323 g/mol. The predicted molar refractivity (Wildman–Crippen MR) is 89.6 cm³/mol. The van der Waals surface area contributed by atoms with Crippen LogP contribution in [-0.4, -0.2) is 33.0 Å². The predicted octanol–water partition coefficient (Wildman–Crippen LogP) is 2.18. The molecule has 124 valence electrons. The van der Waals surface area contributed by atoms with Crippen LogP contribution in [0.4, 0.5) is 0 Å². The molecule has 0 spiro atoms. The van der Waals surface area contributed by atoms with E-state index in [9.17, 15) is 0 Å². The number of hydrogen-bond donors (Lipinski definition) is 1. The van der Waals surface area contributed by atoms with E-state index >= 15 is 0 Å². The highest BCUT2D eigenvalue weighted by Gasteiger charge is 2.41. The first-order valence-electron chi connectivity index (χ1n) is 8.45. The lowest BCUT2D eigenvalue weighted by Crippen LogP contribution is -2.45. The Morgan fingerprint density at radius 3 is 2.67 bits per heavy atom. The highest BCUT2D eigenvalue weighted by molar-refractivity contribution is 5.16. The molecule has 0 unspecified atom stereocenters. The van der Waals surface area contributed by atoms with E-state index in [2.05, 4.69) is 39.8 Å². The fourth-order valence-corrected chi connectivity index (χ4v) is 3.35. The molecule has 1 N–H and O–H groups in total. The summed E-state index contributed by atoms with van der Waals surface area (Å²) in [6.45, 7) is 1.84. The highest BCUT2D eigenvalue weighted by Crippen LogP contribution is 2.33. The van der Waals surface area contributed by atoms with Crippen molar-refractivity contribution in [1.82, 2.24) is 25.2 Å². The normalized spacial score (nSPS) is 17.0. The van der Waals surface area contributed by atoms with Crippen molar-refractivity contribution < 1.29 is 4.52 Å². The first-order valence-corrected chi connectivity index (χ1v) is 8.45. The number of nitrogens with zero attached hydrogens (tertiary/aromatic N) is 4. The number of nitrogens with one attached hydrogen (secondary N) is 1. The maximum Gasteiger partial charge on any atom is 0.254 e. The molecule has 0 radical (unpaired) electrons. The largest absolute Gasteiger partial charge is 0.337 e. The van der Waals surface area contributed by atoms with E-state index < -0.39 is 0 Å². The summed E-state index contributed by atoms with van der Waals surface area (Å²) in [5.41, 5.74) is 0.958. The van der Waals surface area contributed by atoms with Gasteiger partial charge >= 0.3 is 0 Å². The van der Waals surface area contributed by atoms with Crippen molar-refractivity contribution in [2.75, 3.05) is 13.1 Å². The fraction of sp³-hybridized carbons (Fsp3) is 0.389. The second-order valence-electron chi connectivity index (χ2n) is 6.23. The van der Waals surface area contributed by atoms with Crippen molar-refractivity contribution in [2.24, 2.45) is 0 Å². The number of rotatable bonds is 5. The van der Waals surface area contributed by atoms with Crippen molar-refractivity contribution >= 4 is 0 Å². The first kappa shape index (κ1) is 15.1. The summed E-state index contributed by atoms with van der Waals surface area (Å²) in [7, 11) is 0. The zero-order valence-corrected chi connectivity index (χ0v) is 13.6. The molecular formula is C18H21N5O. The zero-order valence-electron chi connectivity index (χ0n) is 13.6. The Kier molecular flexibility index (Phi) is 4.13. The second-order valence-corrected chi connectivity index (χ2v) is 6.23. The molecule has 1 aliphatic heterocycles. The van der Waals surface area contributed by atoms with Crippen molar-refractivity contribution in [3.8, 4) is 0 Å². The minimum atomic E-state index is -0.327. The number of hydrogen-bond acceptors (Lipinski definition) is 5. The summed E-state index contributed by atoms with van der Waals surface area (Å²) >= 11 is 0. The standard InChI is InChI=1S/C18H21N5O/c1-2-5-15(6-3-1)7-8-16-21-17(24-22-16)18(9-12-19-13-10-18)23-14-4-11-20-23/h1-6,11,14,19H,7-10,12-13H2. The van der Waals surface area contributed by atoms with Crippen LogP contribution in [-0.2, 0) is 18.4 Å². The van der Waals surface area contributed by atoms with Crippen LogP contribution in [0.5, 0.6) is 0 Å². The van der Waals surface area contributed by atoms with Crippen LogP contribution in [0.2, 0.25) is 0 Å². The summed E-state index contributed by atoms with van der Waals surface area (Å²) in [6, 6.07) is 12.3. The summed E-state index contributed by atoms with van der Waals surface area (Å²) in [6.07, 6.45) is 7.27. The van der Waals surface area contributed by atoms with Crippen LogP contribution >= 0.6 is 0 Å². The van der Waals surface area contributed by atoms with Gasteiger partial charge < -0.3 is 9.84 Å². The Bertz CT molecular complexity index is 760. The molecule has 24 heavy (non-hydrogen) atoms. The molecule has 1 aromatic carbocycles. The Morgan fingerprint density at radius 2 is 1.92 bits per heavy atom. The third-order valence-electron chi connectivity index (χ3n) is 4.72. The molecule has 0 amide bonds. The minimum Gasteiger partial charge on any atom is -0.337 e. The molecule has 1 aliphatic rings. The molecule has 0 atom stereocenters. The third-order valence-corrected chi connectivity index (χ3v) is 4.72. The van der Waals surface area contributed by atoms with Gasteiger partial charge in [0.05, 0.1) is 0 Å². The molecule has 2 aromatic heterocycles. The summed E-state index contributed by atoms with van der Waals surface area (Å²) in [5, 5.41) is 12.1. The van der Waals surface area contributed by atoms with E-state index in [0.29, 0.717) is 5.89 Å². The average Bonchev–Trinajstić information content (AvgIpc) is 3.34. The van der Waals surface area contributed by atoms with Gasteiger partial charge in [0, 0.05) is 18.8 Å². The van der Waals surface area contributed by atoms with Crippen LogP contribution in [0.15, 0.2) is 53.3 Å². The molecule has 1 saturated heterocycles. The summed E-state index contributed by atoms with van der Waals surface area (Å²) in [4.78, 5) is 4.71. The number of aryl methyl sites for hydroxylation is 2. The lowest BCUT2D eigenvalue weighted by Gasteiger charge is -2.34. The van der Waals surface area contributed by atoms with Crippen LogP contribution < -0.4 is 5.32 Å². The Hall–Kier alpha value is -2.47. The van der Waals surface area contributed by atoms with Gasteiger partial charge in [-0.3, -0.25) is 4.68 Å². The van der Waals surface area contributed by atoms with Gasteiger partial charge in [0.1, 0.15) is 5.54 Å². The van der Waals surface area contributed by atoms with Crippen LogP contribution in [0.1, 0.15) is 30.1 Å². The fourth-order valence-electron chi connectivity index (χ4n) is 3.35. The molecule has 3 heterocycles. The number of piperidine rings is 1. The number of aromatic nitrogens is 4. The van der Waals surface area contributed by atoms with Crippen molar-refractivity contribution in [3.05, 3.63) is 66.1 Å². The van der Waals surface area contributed by atoms with E-state index in [1.165, 1.54) is 5.56 Å². The maximum atomic E-state index is 5.67. The van der Waals surface area contributed by atoms with E-state index in [-0.39, 0.29) is 5.54 Å². The monoisotopic (exact) mass is 323 g/mol. The first-order chi connectivity index (χ1) is 11.9. The van der Waals surface area contributed by atoms with Gasteiger partial charge in [-0.1, -0.05) is 35.5 Å². The quantitative estimate of drug-likeness (QED) is 0.779. The molecule has 0 bridgehead atoms. The van der Waals surface area contributed by atoms with E-state index in [1.54, 1.807) is 6.20 Å². The molecule has 0 aliphatic carbocycles. The minimum absolute atomic E-state index is 0.327. The maximum absolute atomic E-state index is 5.67. The molecule has 1 fully saturated rings. The molecule has 3 aromatic rings. The van der Waals surface area contributed by atoms with Crippen molar-refractivity contribution in [1.29, 1.82) is 0 Å². The van der Waals surface area contributed by atoms with E-state index in [4.69, 9.17) is 9.51 Å². The highest BCUT2D eigenvalue weighted by atomic mass is 16.5. The molecule has 6 nitrogen and oxygen atoms in total. The Balaban J connectivity index is 1.56. The topological polar surface area (TPSA) is 68.8 Å². The Morgan fingerprint density at radius 1 is 1.08 bits per heavy atom. The molecule has 6 heteroatoms. The van der Waals surface area contributed by atoms with Gasteiger partial charge in [-0.25, -0.2) is 0 Å². The van der Waals surface area contributed by atoms with E-state index in [0.717, 1.165) is 44.6 Å². The van der Waals surface area contributed by atoms with Crippen molar-refractivity contribution in [3.63, 3.8) is 0 Å². The lowest BCUT2D eigenvalue weighted by atomic mass is 9.88. The van der Waals surface area contributed by atoms with Gasteiger partial charge in [0.25, 0.3) is 5.89 Å². The molecule has 4 rings (SSSR count). The molecule has 0 saturated carbocycles.